The lowest BCUT2D eigenvalue weighted by molar-refractivity contribution is 0.395. The third-order valence-corrected chi connectivity index (χ3v) is 5.82. The van der Waals surface area contributed by atoms with Gasteiger partial charge in [-0.2, -0.15) is 4.31 Å². The number of hydrogen-bond acceptors (Lipinski definition) is 2. The summed E-state index contributed by atoms with van der Waals surface area (Å²) in [5, 5.41) is 0. The second kappa shape index (κ2) is 10.0. The van der Waals surface area contributed by atoms with E-state index in [2.05, 4.69) is 20.8 Å². The maximum absolute atomic E-state index is 12.8. The summed E-state index contributed by atoms with van der Waals surface area (Å²) in [7, 11) is -3.35. The van der Waals surface area contributed by atoms with Crippen LogP contribution in [0.2, 0.25) is 0 Å². The molecule has 0 aromatic heterocycles. The molecule has 0 N–H and O–H groups in total. The summed E-state index contributed by atoms with van der Waals surface area (Å²) in [5.41, 5.74) is 1.22. The molecule has 0 amide bonds. The smallest absolute Gasteiger partial charge is 0.207 e. The maximum atomic E-state index is 12.8. The Balaban J connectivity index is 2.87. The van der Waals surface area contributed by atoms with Gasteiger partial charge < -0.3 is 0 Å². The summed E-state index contributed by atoms with van der Waals surface area (Å²) < 4.78 is 27.2. The molecular weight excluding hydrogens is 294 g/mol. The normalized spacial score (nSPS) is 12.0. The van der Waals surface area contributed by atoms with E-state index in [4.69, 9.17) is 0 Å². The molecule has 4 heteroatoms. The Hall–Kier alpha value is -0.870. The number of sulfonamides is 1. The van der Waals surface area contributed by atoms with Crippen LogP contribution in [0.5, 0.6) is 0 Å². The summed E-state index contributed by atoms with van der Waals surface area (Å²) in [6.45, 7) is 7.59. The Morgan fingerprint density at radius 2 is 1.32 bits per heavy atom. The zero-order valence-electron chi connectivity index (χ0n) is 14.3. The van der Waals surface area contributed by atoms with E-state index in [1.165, 1.54) is 5.56 Å². The third-order valence-electron chi connectivity index (χ3n) is 3.90. The average Bonchev–Trinajstić information content (AvgIpc) is 2.53. The number of unbranched alkanes of at least 4 members (excludes halogenated alkanes) is 3. The van der Waals surface area contributed by atoms with Crippen molar-refractivity contribution in [2.75, 3.05) is 13.1 Å². The van der Waals surface area contributed by atoms with Gasteiger partial charge in [0.15, 0.2) is 0 Å². The molecule has 0 aliphatic rings. The van der Waals surface area contributed by atoms with Crippen molar-refractivity contribution in [2.24, 2.45) is 0 Å². The van der Waals surface area contributed by atoms with Gasteiger partial charge in [-0.15, -0.1) is 0 Å². The van der Waals surface area contributed by atoms with E-state index >= 15 is 0 Å². The molecular formula is C18H31NO2S. The van der Waals surface area contributed by atoms with Crippen LogP contribution in [-0.4, -0.2) is 25.8 Å². The van der Waals surface area contributed by atoms with E-state index < -0.39 is 10.0 Å². The van der Waals surface area contributed by atoms with E-state index in [0.29, 0.717) is 18.0 Å². The molecule has 0 heterocycles. The predicted molar refractivity (Wildman–Crippen MR) is 93.6 cm³/mol. The van der Waals surface area contributed by atoms with Gasteiger partial charge in [0.2, 0.25) is 10.0 Å². The Morgan fingerprint density at radius 1 is 0.818 bits per heavy atom. The van der Waals surface area contributed by atoms with Crippen LogP contribution in [-0.2, 0) is 16.4 Å². The summed E-state index contributed by atoms with van der Waals surface area (Å²) in [4.78, 5) is 0.431. The van der Waals surface area contributed by atoms with Gasteiger partial charge in [-0.05, 0) is 43.4 Å². The molecule has 1 aromatic carbocycles. The molecule has 0 radical (unpaired) electrons. The molecule has 0 bridgehead atoms. The van der Waals surface area contributed by atoms with E-state index in [1.54, 1.807) is 16.4 Å². The molecule has 1 aromatic rings. The van der Waals surface area contributed by atoms with Gasteiger partial charge in [-0.1, -0.05) is 52.2 Å². The molecule has 0 aliphatic carbocycles. The Morgan fingerprint density at radius 3 is 1.77 bits per heavy atom. The van der Waals surface area contributed by atoms with Gasteiger partial charge in [0.1, 0.15) is 0 Å². The van der Waals surface area contributed by atoms with Gasteiger partial charge in [0, 0.05) is 13.1 Å². The van der Waals surface area contributed by atoms with Crippen LogP contribution in [0.25, 0.3) is 0 Å². The molecule has 126 valence electrons. The molecule has 0 saturated carbocycles. The minimum atomic E-state index is -3.35. The zero-order chi connectivity index (χ0) is 16.4. The van der Waals surface area contributed by atoms with E-state index in [9.17, 15) is 8.42 Å². The van der Waals surface area contributed by atoms with Crippen molar-refractivity contribution in [1.82, 2.24) is 4.31 Å². The van der Waals surface area contributed by atoms with Crippen molar-refractivity contribution in [3.63, 3.8) is 0 Å². The van der Waals surface area contributed by atoms with Crippen molar-refractivity contribution < 1.29 is 8.42 Å². The molecule has 1 rings (SSSR count). The fourth-order valence-electron chi connectivity index (χ4n) is 2.38. The Kier molecular flexibility index (Phi) is 8.72. The first kappa shape index (κ1) is 19.2. The van der Waals surface area contributed by atoms with Crippen LogP contribution in [0.1, 0.15) is 64.9 Å². The molecule has 0 saturated heterocycles. The monoisotopic (exact) mass is 325 g/mol. The van der Waals surface area contributed by atoms with E-state index in [1.807, 2.05) is 12.1 Å². The maximum Gasteiger partial charge on any atom is 0.243 e. The minimum absolute atomic E-state index is 0.431. The highest BCUT2D eigenvalue weighted by atomic mass is 32.2. The molecule has 0 fully saturated rings. The highest BCUT2D eigenvalue weighted by Gasteiger charge is 2.23. The molecule has 0 spiro atoms. The molecule has 3 nitrogen and oxygen atoms in total. The van der Waals surface area contributed by atoms with Crippen LogP contribution in [0, 0.1) is 0 Å². The lowest BCUT2D eigenvalue weighted by atomic mass is 10.1. The fourth-order valence-corrected chi connectivity index (χ4v) is 3.90. The van der Waals surface area contributed by atoms with Crippen LogP contribution >= 0.6 is 0 Å². The van der Waals surface area contributed by atoms with Crippen molar-refractivity contribution in [1.29, 1.82) is 0 Å². The lowest BCUT2D eigenvalue weighted by Crippen LogP contribution is -2.33. The minimum Gasteiger partial charge on any atom is -0.207 e. The van der Waals surface area contributed by atoms with E-state index in [0.717, 1.165) is 44.9 Å². The number of hydrogen-bond donors (Lipinski definition) is 0. The van der Waals surface area contributed by atoms with Crippen molar-refractivity contribution in [2.45, 2.75) is 70.6 Å². The summed E-state index contributed by atoms with van der Waals surface area (Å²) in [6, 6.07) is 7.46. The number of benzene rings is 1. The number of aryl methyl sites for hydroxylation is 1. The quantitative estimate of drug-likeness (QED) is 0.595. The number of nitrogens with zero attached hydrogens (tertiary/aromatic N) is 1. The Labute approximate surface area is 136 Å². The number of rotatable bonds is 11. The summed E-state index contributed by atoms with van der Waals surface area (Å²) in [5.74, 6) is 0. The van der Waals surface area contributed by atoms with Gasteiger partial charge in [0.05, 0.1) is 4.90 Å². The molecule has 22 heavy (non-hydrogen) atoms. The van der Waals surface area contributed by atoms with Crippen molar-refractivity contribution in [3.05, 3.63) is 29.8 Å². The topological polar surface area (TPSA) is 37.4 Å². The SMILES string of the molecule is CCCCc1ccc(S(=O)(=O)N(CCCC)CCCC)cc1. The van der Waals surface area contributed by atoms with E-state index in [-0.39, 0.29) is 0 Å². The second-order valence-electron chi connectivity index (χ2n) is 5.86. The fraction of sp³-hybridized carbons (Fsp3) is 0.667. The Bertz CT molecular complexity index is 500. The standard InChI is InChI=1S/C18H31NO2S/c1-4-7-10-17-11-13-18(14-12-17)22(20,21)19(15-8-5-2)16-9-6-3/h11-14H,4-10,15-16H2,1-3H3. The summed E-state index contributed by atoms with van der Waals surface area (Å²) in [6.07, 6.45) is 7.16. The first-order valence-electron chi connectivity index (χ1n) is 8.65. The zero-order valence-corrected chi connectivity index (χ0v) is 15.2. The molecule has 0 aliphatic heterocycles. The van der Waals surface area contributed by atoms with Crippen LogP contribution in [0.4, 0.5) is 0 Å². The largest absolute Gasteiger partial charge is 0.243 e. The molecule has 0 atom stereocenters. The first-order valence-corrected chi connectivity index (χ1v) is 10.1. The van der Waals surface area contributed by atoms with Crippen molar-refractivity contribution >= 4 is 10.0 Å². The van der Waals surface area contributed by atoms with Crippen LogP contribution < -0.4 is 0 Å². The highest BCUT2D eigenvalue weighted by molar-refractivity contribution is 7.89. The third kappa shape index (κ3) is 5.73. The highest BCUT2D eigenvalue weighted by Crippen LogP contribution is 2.18. The predicted octanol–water partition coefficient (Wildman–Crippen LogP) is 4.62. The lowest BCUT2D eigenvalue weighted by Gasteiger charge is -2.22. The van der Waals surface area contributed by atoms with Crippen LogP contribution in [0.3, 0.4) is 0 Å². The summed E-state index contributed by atoms with van der Waals surface area (Å²) >= 11 is 0. The molecule has 0 unspecified atom stereocenters. The van der Waals surface area contributed by atoms with Crippen molar-refractivity contribution in [3.8, 4) is 0 Å². The first-order chi connectivity index (χ1) is 10.6. The van der Waals surface area contributed by atoms with Gasteiger partial charge in [0.25, 0.3) is 0 Å². The van der Waals surface area contributed by atoms with Crippen LogP contribution in [0.15, 0.2) is 29.2 Å². The second-order valence-corrected chi connectivity index (χ2v) is 7.80. The van der Waals surface area contributed by atoms with Gasteiger partial charge >= 0.3 is 0 Å². The van der Waals surface area contributed by atoms with Gasteiger partial charge in [-0.25, -0.2) is 8.42 Å². The van der Waals surface area contributed by atoms with Gasteiger partial charge in [-0.3, -0.25) is 0 Å². The average molecular weight is 326 g/mol.